The number of likely N-dealkylation sites (tertiary alicyclic amines) is 1. The summed E-state index contributed by atoms with van der Waals surface area (Å²) in [6.45, 7) is 6.34. The van der Waals surface area contributed by atoms with Crippen molar-refractivity contribution in [3.05, 3.63) is 88.2 Å². The van der Waals surface area contributed by atoms with E-state index in [1.165, 1.54) is 6.07 Å². The summed E-state index contributed by atoms with van der Waals surface area (Å²) in [6, 6.07) is 1.34. The van der Waals surface area contributed by atoms with E-state index in [1.54, 1.807) is 21.7 Å². The molecule has 8 nitrogen and oxygen atoms in total. The number of ether oxygens (including phenoxy) is 1. The molecule has 2 unspecified atom stereocenters. The second-order valence-electron chi connectivity index (χ2n) is 11.3. The normalized spacial score (nSPS) is 22.9. The standard InChI is InChI=1S/C32H36FN5O3/c1-3-27-26(15-20-9-5-4-6-10-20)38-19-24(32(40)37-14-12-21(34)17-37)30(39)23-16-25(33)29(31(41-27)28(23)38)36(2)18-22-11-7-8-13-35-22/h3-6,9,15-16,19,21-22,35H,1,7-8,10-14,17-18,34H2,2H3/b20-15-. The number of aromatic nitrogens is 1. The van der Waals surface area contributed by atoms with Crippen molar-refractivity contribution in [1.29, 1.82) is 0 Å². The molecule has 6 rings (SSSR count). The lowest BCUT2D eigenvalue weighted by Gasteiger charge is -2.33. The maximum Gasteiger partial charge on any atom is 0.259 e. The zero-order valence-electron chi connectivity index (χ0n) is 23.4. The number of anilines is 1. The number of hydrogen-bond acceptors (Lipinski definition) is 6. The third-order valence-corrected chi connectivity index (χ3v) is 8.34. The van der Waals surface area contributed by atoms with Gasteiger partial charge < -0.3 is 30.2 Å². The molecule has 9 heteroatoms. The molecule has 0 saturated carbocycles. The number of allylic oxidation sites excluding steroid dienone is 8. The van der Waals surface area contributed by atoms with E-state index < -0.39 is 17.2 Å². The van der Waals surface area contributed by atoms with Gasteiger partial charge in [0.2, 0.25) is 5.43 Å². The minimum Gasteiger partial charge on any atom is -0.451 e. The number of amides is 1. The van der Waals surface area contributed by atoms with Crippen LogP contribution in [0.5, 0.6) is 5.75 Å². The summed E-state index contributed by atoms with van der Waals surface area (Å²) in [5, 5.41) is 3.61. The second kappa shape index (κ2) is 11.1. The Morgan fingerprint density at radius 2 is 2.17 bits per heavy atom. The van der Waals surface area contributed by atoms with Gasteiger partial charge in [-0.2, -0.15) is 0 Å². The number of rotatable bonds is 6. The fourth-order valence-electron chi connectivity index (χ4n) is 6.23. The van der Waals surface area contributed by atoms with Gasteiger partial charge in [0.1, 0.15) is 16.8 Å². The van der Waals surface area contributed by atoms with Gasteiger partial charge in [0.05, 0.1) is 11.1 Å². The van der Waals surface area contributed by atoms with Gasteiger partial charge in [-0.25, -0.2) is 4.39 Å². The highest BCUT2D eigenvalue weighted by molar-refractivity contribution is 6.02. The Morgan fingerprint density at radius 3 is 2.85 bits per heavy atom. The van der Waals surface area contributed by atoms with Crippen LogP contribution in [0.1, 0.15) is 42.5 Å². The monoisotopic (exact) mass is 557 g/mol. The molecule has 1 aliphatic carbocycles. The van der Waals surface area contributed by atoms with E-state index in [0.717, 1.165) is 31.4 Å². The Balaban J connectivity index is 1.55. The number of benzene rings is 1. The third-order valence-electron chi connectivity index (χ3n) is 8.34. The van der Waals surface area contributed by atoms with E-state index >= 15 is 4.39 Å². The zero-order chi connectivity index (χ0) is 28.7. The van der Waals surface area contributed by atoms with Crippen LogP contribution in [0.15, 0.2) is 71.4 Å². The Morgan fingerprint density at radius 1 is 1.32 bits per heavy atom. The van der Waals surface area contributed by atoms with Crippen molar-refractivity contribution in [2.24, 2.45) is 5.73 Å². The summed E-state index contributed by atoms with van der Waals surface area (Å²) in [4.78, 5) is 30.9. The lowest BCUT2D eigenvalue weighted by Crippen LogP contribution is -2.42. The Hall–Kier alpha value is -3.95. The predicted molar refractivity (Wildman–Crippen MR) is 161 cm³/mol. The van der Waals surface area contributed by atoms with Crippen molar-refractivity contribution in [2.75, 3.05) is 38.1 Å². The van der Waals surface area contributed by atoms with E-state index in [2.05, 4.69) is 11.9 Å². The number of nitrogens with two attached hydrogens (primary N) is 1. The average Bonchev–Trinajstić information content (AvgIpc) is 3.42. The Labute approximate surface area is 238 Å². The van der Waals surface area contributed by atoms with E-state index in [1.807, 2.05) is 42.3 Å². The molecule has 1 aromatic carbocycles. The lowest BCUT2D eigenvalue weighted by atomic mass is 10.0. The van der Waals surface area contributed by atoms with Crippen molar-refractivity contribution in [3.63, 3.8) is 0 Å². The predicted octanol–water partition coefficient (Wildman–Crippen LogP) is 4.08. The van der Waals surface area contributed by atoms with Crippen molar-refractivity contribution < 1.29 is 13.9 Å². The van der Waals surface area contributed by atoms with Crippen molar-refractivity contribution in [1.82, 2.24) is 14.8 Å². The van der Waals surface area contributed by atoms with Gasteiger partial charge in [-0.1, -0.05) is 37.3 Å². The first-order chi connectivity index (χ1) is 19.9. The minimum atomic E-state index is -0.576. The summed E-state index contributed by atoms with van der Waals surface area (Å²) >= 11 is 0. The first-order valence-electron chi connectivity index (χ1n) is 14.4. The van der Waals surface area contributed by atoms with Crippen LogP contribution >= 0.6 is 0 Å². The van der Waals surface area contributed by atoms with E-state index in [0.29, 0.717) is 49.4 Å². The van der Waals surface area contributed by atoms with Crippen LogP contribution in [0.4, 0.5) is 10.1 Å². The molecular formula is C32H36FN5O3. The number of carbonyl (C=O) groups is 1. The highest BCUT2D eigenvalue weighted by Gasteiger charge is 2.33. The van der Waals surface area contributed by atoms with E-state index in [4.69, 9.17) is 10.5 Å². The number of nitrogens with one attached hydrogen (secondary N) is 1. The quantitative estimate of drug-likeness (QED) is 0.556. The van der Waals surface area contributed by atoms with Crippen LogP contribution in [0.25, 0.3) is 16.6 Å². The molecule has 2 fully saturated rings. The molecule has 0 spiro atoms. The van der Waals surface area contributed by atoms with Gasteiger partial charge in [0.25, 0.3) is 5.91 Å². The topological polar surface area (TPSA) is 92.8 Å². The first-order valence-corrected chi connectivity index (χ1v) is 14.4. The van der Waals surface area contributed by atoms with Gasteiger partial charge >= 0.3 is 0 Å². The summed E-state index contributed by atoms with van der Waals surface area (Å²) in [7, 11) is 1.84. The fraction of sp³-hybridized carbons (Fsp3) is 0.375. The largest absolute Gasteiger partial charge is 0.451 e. The molecule has 4 heterocycles. The zero-order valence-corrected chi connectivity index (χ0v) is 23.4. The van der Waals surface area contributed by atoms with Gasteiger partial charge in [0, 0.05) is 45.0 Å². The molecule has 1 amide bonds. The van der Waals surface area contributed by atoms with Gasteiger partial charge in [0.15, 0.2) is 17.3 Å². The van der Waals surface area contributed by atoms with Crippen LogP contribution in [-0.4, -0.2) is 60.7 Å². The molecule has 2 aromatic rings. The van der Waals surface area contributed by atoms with Crippen LogP contribution < -0.4 is 26.1 Å². The number of likely N-dealkylation sites (N-methyl/N-ethyl adjacent to an activating group) is 1. The Kier molecular flexibility index (Phi) is 7.40. The molecule has 2 atom stereocenters. The molecule has 0 bridgehead atoms. The molecule has 214 valence electrons. The molecule has 4 aliphatic rings. The number of pyridine rings is 1. The highest BCUT2D eigenvalue weighted by Crippen LogP contribution is 2.44. The Bertz CT molecular complexity index is 1590. The van der Waals surface area contributed by atoms with Crippen LogP contribution in [0.2, 0.25) is 0 Å². The summed E-state index contributed by atoms with van der Waals surface area (Å²) < 4.78 is 24.2. The molecule has 3 N–H and O–H groups in total. The summed E-state index contributed by atoms with van der Waals surface area (Å²) in [5.41, 5.74) is 7.85. The summed E-state index contributed by atoms with van der Waals surface area (Å²) in [5.74, 6) is -0.323. The maximum atomic E-state index is 16.0. The van der Waals surface area contributed by atoms with Crippen LogP contribution in [-0.2, 0) is 0 Å². The molecule has 41 heavy (non-hydrogen) atoms. The van der Waals surface area contributed by atoms with Gasteiger partial charge in [-0.15, -0.1) is 0 Å². The second-order valence-corrected chi connectivity index (χ2v) is 11.3. The first kappa shape index (κ1) is 27.2. The lowest BCUT2D eigenvalue weighted by molar-refractivity contribution is 0.0789. The minimum absolute atomic E-state index is 0.0234. The average molecular weight is 558 g/mol. The number of piperidine rings is 1. The number of hydrogen-bond donors (Lipinski definition) is 2. The SMILES string of the molecule is C=CC1=C(/C=C2/C=CC=CC2)n2cc(C(=O)N3CCC(N)C3)c(=O)c3cc(F)c(N(C)CC4CCCCN4)c(c32)O1. The third kappa shape index (κ3) is 5.04. The van der Waals surface area contributed by atoms with Crippen molar-refractivity contribution >= 4 is 28.2 Å². The van der Waals surface area contributed by atoms with E-state index in [9.17, 15) is 9.59 Å². The van der Waals surface area contributed by atoms with Crippen molar-refractivity contribution in [3.8, 4) is 5.75 Å². The number of carbonyl (C=O) groups excluding carboxylic acids is 1. The number of nitrogens with zero attached hydrogens (tertiary/aromatic N) is 3. The molecule has 2 saturated heterocycles. The smallest absolute Gasteiger partial charge is 0.259 e. The molecular weight excluding hydrogens is 521 g/mol. The maximum absolute atomic E-state index is 16.0. The molecule has 3 aliphatic heterocycles. The molecule has 0 radical (unpaired) electrons. The van der Waals surface area contributed by atoms with Crippen molar-refractivity contribution in [2.45, 2.75) is 44.2 Å². The van der Waals surface area contributed by atoms with E-state index in [-0.39, 0.29) is 34.5 Å². The highest BCUT2D eigenvalue weighted by atomic mass is 19.1. The summed E-state index contributed by atoms with van der Waals surface area (Å²) in [6.07, 6.45) is 17.7. The van der Waals surface area contributed by atoms with Crippen LogP contribution in [0, 0.1) is 5.82 Å². The fourth-order valence-corrected chi connectivity index (χ4v) is 6.23. The number of halogens is 1. The molecule has 1 aromatic heterocycles. The van der Waals surface area contributed by atoms with Gasteiger partial charge in [-0.05, 0) is 56.0 Å². The van der Waals surface area contributed by atoms with Gasteiger partial charge in [-0.3, -0.25) is 9.59 Å². The van der Waals surface area contributed by atoms with Crippen LogP contribution in [0.3, 0.4) is 0 Å².